The maximum absolute atomic E-state index is 13.1. The van der Waals surface area contributed by atoms with Crippen LogP contribution >= 0.6 is 0 Å². The number of rotatable bonds is 34. The largest absolute Gasteiger partial charge is 0.478 e. The molecule has 3 aromatic rings. The number of carbonyl (C=O) groups is 2. The van der Waals surface area contributed by atoms with E-state index in [2.05, 4.69) is 74.0 Å². The average Bonchev–Trinajstić information content (AvgIpc) is 3.41. The standard InChI is InChI=1S/C66H88N2O6/c1-5-9-13-17-21-29-41-67(42-30-22-18-14-10-6-2)49-37-39-55-59(45-49)73-61-48-62-58(47-57(61)63(55)51-33-25-27-35-53(51)65(69)70)64(52-34-26-28-36-54(52)66(71)72)56-40-38-50(46-60(56)74-62)68(43-31-23-19-15-11-7-3)44-32-24-20-16-12-8-4/h25-28,33-40,45-50H,5-24,29-32,41-44H2,1-4H3,(H,69,70)(H,71,72). The van der Waals surface area contributed by atoms with Crippen LogP contribution in [0.4, 0.5) is 0 Å². The lowest BCUT2D eigenvalue weighted by Crippen LogP contribution is -2.36. The predicted molar refractivity (Wildman–Crippen MR) is 305 cm³/mol. The van der Waals surface area contributed by atoms with E-state index in [0.29, 0.717) is 34.1 Å². The maximum Gasteiger partial charge on any atom is 0.336 e. The lowest BCUT2D eigenvalue weighted by atomic mass is 9.81. The second kappa shape index (κ2) is 29.6. The van der Waals surface area contributed by atoms with Crippen LogP contribution in [0.5, 0.6) is 11.5 Å². The number of allylic oxidation sites excluding steroid dienone is 2. The van der Waals surface area contributed by atoms with E-state index >= 15 is 0 Å². The Morgan fingerprint density at radius 3 is 1.09 bits per heavy atom. The van der Waals surface area contributed by atoms with Gasteiger partial charge in [-0.2, -0.15) is 0 Å². The van der Waals surface area contributed by atoms with Crippen molar-refractivity contribution in [3.05, 3.63) is 153 Å². The molecule has 2 atom stereocenters. The van der Waals surface area contributed by atoms with E-state index < -0.39 is 11.9 Å². The highest BCUT2D eigenvalue weighted by atomic mass is 16.5. The van der Waals surface area contributed by atoms with Crippen LogP contribution in [0.1, 0.15) is 225 Å². The summed E-state index contributed by atoms with van der Waals surface area (Å²) in [5.74, 6) is 0.553. The molecule has 4 aliphatic rings. The number of nitrogens with zero attached hydrogens (tertiary/aromatic N) is 2. The highest BCUT2D eigenvalue weighted by Gasteiger charge is 2.36. The molecular weight excluding hydrogens is 917 g/mol. The molecule has 0 fully saturated rings. The Morgan fingerprint density at radius 1 is 0.432 bits per heavy atom. The molecule has 2 unspecified atom stereocenters. The summed E-state index contributed by atoms with van der Waals surface area (Å²) in [5, 5.41) is 21.4. The summed E-state index contributed by atoms with van der Waals surface area (Å²) >= 11 is 0. The van der Waals surface area contributed by atoms with Gasteiger partial charge < -0.3 is 19.7 Å². The molecule has 2 heterocycles. The SMILES string of the molecule is CCCCCCCCN(CCCCCCCC)C1C=CC2=C(c3ccccc3C(=O)O)c3cc4c(cc3OC2=C1)OC1=CC(N(CCCCCCCC)CCCCCCCC)C=CC1=C4c1ccccc1C(=O)O. The number of ether oxygens (including phenoxy) is 2. The number of carboxylic acids is 2. The van der Waals surface area contributed by atoms with E-state index in [1.54, 1.807) is 24.3 Å². The summed E-state index contributed by atoms with van der Waals surface area (Å²) in [5.41, 5.74) is 6.24. The van der Waals surface area contributed by atoms with Crippen molar-refractivity contribution in [1.29, 1.82) is 0 Å². The van der Waals surface area contributed by atoms with Crippen LogP contribution in [0.3, 0.4) is 0 Å². The zero-order valence-corrected chi connectivity index (χ0v) is 45.6. The van der Waals surface area contributed by atoms with Crippen LogP contribution in [0.25, 0.3) is 11.1 Å². The minimum absolute atomic E-state index is 0.0165. The number of hydrogen-bond acceptors (Lipinski definition) is 6. The first-order valence-corrected chi connectivity index (χ1v) is 29.2. The van der Waals surface area contributed by atoms with Gasteiger partial charge >= 0.3 is 11.9 Å². The van der Waals surface area contributed by atoms with Crippen molar-refractivity contribution in [2.24, 2.45) is 0 Å². The van der Waals surface area contributed by atoms with Gasteiger partial charge in [0.25, 0.3) is 0 Å². The summed E-state index contributed by atoms with van der Waals surface area (Å²) in [6.45, 7) is 13.1. The maximum atomic E-state index is 13.1. The fourth-order valence-electron chi connectivity index (χ4n) is 11.4. The Morgan fingerprint density at radius 2 is 0.757 bits per heavy atom. The van der Waals surface area contributed by atoms with Crippen LogP contribution in [-0.2, 0) is 0 Å². The van der Waals surface area contributed by atoms with Crippen molar-refractivity contribution in [3.8, 4) is 11.5 Å². The molecule has 0 spiro atoms. The summed E-state index contributed by atoms with van der Waals surface area (Å²) in [7, 11) is 0. The molecular formula is C66H88N2O6. The molecule has 8 nitrogen and oxygen atoms in total. The van der Waals surface area contributed by atoms with Crippen LogP contribution in [0.15, 0.2) is 120 Å². The van der Waals surface area contributed by atoms with Crippen LogP contribution in [0, 0.1) is 0 Å². The molecule has 3 aromatic carbocycles. The first-order chi connectivity index (χ1) is 36.3. The molecule has 398 valence electrons. The number of carboxylic acid groups (broad SMARTS) is 2. The average molecular weight is 1010 g/mol. The predicted octanol–water partition coefficient (Wildman–Crippen LogP) is 17.2. The number of unbranched alkanes of at least 4 members (excludes halogenated alkanes) is 20. The third-order valence-electron chi connectivity index (χ3n) is 15.6. The molecule has 0 radical (unpaired) electrons. The Bertz CT molecular complexity index is 2320. The molecule has 8 heteroatoms. The fraction of sp³-hybridized carbons (Fsp3) is 0.515. The topological polar surface area (TPSA) is 99.5 Å². The molecule has 2 N–H and O–H groups in total. The molecule has 74 heavy (non-hydrogen) atoms. The van der Waals surface area contributed by atoms with E-state index in [1.807, 2.05) is 36.4 Å². The van der Waals surface area contributed by atoms with Gasteiger partial charge in [-0.05, 0) is 93.3 Å². The minimum Gasteiger partial charge on any atom is -0.478 e. The van der Waals surface area contributed by atoms with Gasteiger partial charge in [-0.15, -0.1) is 0 Å². The van der Waals surface area contributed by atoms with E-state index in [4.69, 9.17) is 9.47 Å². The van der Waals surface area contributed by atoms with Crippen molar-refractivity contribution in [1.82, 2.24) is 9.80 Å². The quantitative estimate of drug-likeness (QED) is 0.0571. The van der Waals surface area contributed by atoms with Gasteiger partial charge in [-0.25, -0.2) is 9.59 Å². The molecule has 0 amide bonds. The Balaban J connectivity index is 1.30. The van der Waals surface area contributed by atoms with Gasteiger partial charge in [-0.3, -0.25) is 9.80 Å². The second-order valence-electron chi connectivity index (χ2n) is 21.2. The first-order valence-electron chi connectivity index (χ1n) is 29.2. The van der Waals surface area contributed by atoms with Crippen molar-refractivity contribution in [3.63, 3.8) is 0 Å². The molecule has 0 saturated heterocycles. The number of aromatic carboxylic acids is 2. The molecule has 0 aromatic heterocycles. The van der Waals surface area contributed by atoms with Crippen molar-refractivity contribution in [2.75, 3.05) is 26.2 Å². The summed E-state index contributed by atoms with van der Waals surface area (Å²) in [6, 6.07) is 18.5. The van der Waals surface area contributed by atoms with E-state index in [-0.39, 0.29) is 23.2 Å². The molecule has 7 rings (SSSR count). The lowest BCUT2D eigenvalue weighted by Gasteiger charge is -2.35. The zero-order chi connectivity index (χ0) is 52.1. The van der Waals surface area contributed by atoms with Gasteiger partial charge in [0.2, 0.25) is 0 Å². The Kier molecular flexibility index (Phi) is 22.5. The van der Waals surface area contributed by atoms with Crippen molar-refractivity contribution < 1.29 is 29.3 Å². The van der Waals surface area contributed by atoms with Crippen LogP contribution in [0.2, 0.25) is 0 Å². The van der Waals surface area contributed by atoms with Crippen LogP contribution < -0.4 is 9.47 Å². The minimum atomic E-state index is -1.01. The highest BCUT2D eigenvalue weighted by molar-refractivity contribution is 6.04. The van der Waals surface area contributed by atoms with Gasteiger partial charge in [0.1, 0.15) is 23.0 Å². The lowest BCUT2D eigenvalue weighted by molar-refractivity contribution is 0.0685. The first kappa shape index (κ1) is 56.3. The smallest absolute Gasteiger partial charge is 0.336 e. The van der Waals surface area contributed by atoms with Crippen molar-refractivity contribution >= 4 is 23.1 Å². The van der Waals surface area contributed by atoms with Gasteiger partial charge in [-0.1, -0.05) is 217 Å². The van der Waals surface area contributed by atoms with E-state index in [1.165, 1.54) is 128 Å². The van der Waals surface area contributed by atoms with Gasteiger partial charge in [0.15, 0.2) is 0 Å². The molecule has 0 bridgehead atoms. The number of hydrogen-bond donors (Lipinski definition) is 2. The van der Waals surface area contributed by atoms with Gasteiger partial charge in [0, 0.05) is 39.5 Å². The Hall–Kier alpha value is -5.44. The number of benzene rings is 3. The third-order valence-corrected chi connectivity index (χ3v) is 15.6. The molecule has 2 aliphatic heterocycles. The van der Waals surface area contributed by atoms with E-state index in [0.717, 1.165) is 85.3 Å². The summed E-state index contributed by atoms with van der Waals surface area (Å²) < 4.78 is 14.2. The third kappa shape index (κ3) is 14.9. The van der Waals surface area contributed by atoms with Gasteiger partial charge in [0.05, 0.1) is 23.2 Å². The van der Waals surface area contributed by atoms with Crippen molar-refractivity contribution in [2.45, 2.75) is 194 Å². The monoisotopic (exact) mass is 1000 g/mol. The highest BCUT2D eigenvalue weighted by Crippen LogP contribution is 2.52. The van der Waals surface area contributed by atoms with Crippen LogP contribution in [-0.4, -0.2) is 70.2 Å². The zero-order valence-electron chi connectivity index (χ0n) is 45.6. The normalized spacial score (nSPS) is 16.6. The summed E-state index contributed by atoms with van der Waals surface area (Å²) in [6.07, 6.45) is 43.0. The summed E-state index contributed by atoms with van der Waals surface area (Å²) in [4.78, 5) is 31.4. The molecule has 0 saturated carbocycles. The van der Waals surface area contributed by atoms with E-state index in [9.17, 15) is 19.8 Å². The number of fused-ring (bicyclic) bond motifs is 4. The Labute approximate surface area is 445 Å². The fourth-order valence-corrected chi connectivity index (χ4v) is 11.4. The molecule has 2 aliphatic carbocycles. The second-order valence-corrected chi connectivity index (χ2v) is 21.2.